The van der Waals surface area contributed by atoms with Crippen molar-refractivity contribution in [2.45, 2.75) is 0 Å². The van der Waals surface area contributed by atoms with Crippen LogP contribution in [0.1, 0.15) is 0 Å². The maximum atomic E-state index is 5.28. The average Bonchev–Trinajstić information content (AvgIpc) is 3.29. The van der Waals surface area contributed by atoms with Crippen LogP contribution in [0.4, 0.5) is 0 Å². The Morgan fingerprint density at radius 1 is 0.214 bits per heavy atom. The zero-order valence-corrected chi connectivity index (χ0v) is 30.3. The van der Waals surface area contributed by atoms with Gasteiger partial charge in [0.15, 0.2) is 17.5 Å². The van der Waals surface area contributed by atoms with Crippen molar-refractivity contribution in [1.82, 2.24) is 24.9 Å². The molecule has 5 nitrogen and oxygen atoms in total. The first-order chi connectivity index (χ1) is 27.7. The highest BCUT2D eigenvalue weighted by atomic mass is 15.0. The van der Waals surface area contributed by atoms with E-state index in [9.17, 15) is 0 Å². The van der Waals surface area contributed by atoms with E-state index in [1.807, 2.05) is 66.7 Å². The highest BCUT2D eigenvalue weighted by molar-refractivity contribution is 5.86. The number of aromatic nitrogens is 5. The van der Waals surface area contributed by atoms with Gasteiger partial charge in [-0.25, -0.2) is 24.9 Å². The Morgan fingerprint density at radius 2 is 0.554 bits per heavy atom. The molecule has 0 bridgehead atoms. The fraction of sp³-hybridized carbons (Fsp3) is 0. The lowest BCUT2D eigenvalue weighted by Crippen LogP contribution is -2.01. The van der Waals surface area contributed by atoms with Crippen LogP contribution in [0.5, 0.6) is 0 Å². The largest absolute Gasteiger partial charge is 0.248 e. The lowest BCUT2D eigenvalue weighted by molar-refractivity contribution is 1.07. The van der Waals surface area contributed by atoms with Crippen LogP contribution in [0.2, 0.25) is 0 Å². The highest BCUT2D eigenvalue weighted by Crippen LogP contribution is 2.36. The molecule has 0 atom stereocenters. The molecule has 0 aliphatic carbocycles. The first kappa shape index (κ1) is 33.0. The van der Waals surface area contributed by atoms with E-state index in [1.165, 1.54) is 0 Å². The molecule has 0 saturated carbocycles. The number of benzene rings is 7. The van der Waals surface area contributed by atoms with Crippen LogP contribution >= 0.6 is 0 Å². The topological polar surface area (TPSA) is 64.5 Å². The van der Waals surface area contributed by atoms with Crippen LogP contribution in [0.15, 0.2) is 200 Å². The van der Waals surface area contributed by atoms with E-state index < -0.39 is 0 Å². The molecule has 5 heteroatoms. The van der Waals surface area contributed by atoms with Gasteiger partial charge in [0.1, 0.15) is 0 Å². The van der Waals surface area contributed by atoms with Crippen molar-refractivity contribution < 1.29 is 0 Å². The van der Waals surface area contributed by atoms with Gasteiger partial charge < -0.3 is 0 Å². The first-order valence-electron chi connectivity index (χ1n) is 18.7. The van der Waals surface area contributed by atoms with Crippen LogP contribution < -0.4 is 0 Å². The zero-order valence-electron chi connectivity index (χ0n) is 30.3. The van der Waals surface area contributed by atoms with E-state index in [0.29, 0.717) is 17.5 Å². The van der Waals surface area contributed by atoms with Crippen molar-refractivity contribution in [3.63, 3.8) is 0 Å². The van der Waals surface area contributed by atoms with Gasteiger partial charge in [0, 0.05) is 38.6 Å². The van der Waals surface area contributed by atoms with Gasteiger partial charge in [-0.05, 0) is 82.9 Å². The number of fused-ring (bicyclic) bond motifs is 2. The second kappa shape index (κ2) is 14.3. The molecule has 0 saturated heterocycles. The monoisotopic (exact) mass is 715 g/mol. The SMILES string of the molecule is c1ccc(-c2cc(-c3ccc4ccccc4n3)cc(-c3nc(-c4ccccc4)nc(-c4cc(-c5ccccc5)cc(-c5ccc6ccccc6n5)c4)n3)c2)cc1. The minimum Gasteiger partial charge on any atom is -0.248 e. The van der Waals surface area contributed by atoms with E-state index in [1.54, 1.807) is 0 Å². The number of nitrogens with zero attached hydrogens (tertiary/aromatic N) is 5. The molecule has 0 N–H and O–H groups in total. The predicted octanol–water partition coefficient (Wildman–Crippen LogP) is 12.6. The van der Waals surface area contributed by atoms with E-state index in [-0.39, 0.29) is 0 Å². The molecule has 0 spiro atoms. The van der Waals surface area contributed by atoms with Gasteiger partial charge in [0.25, 0.3) is 0 Å². The van der Waals surface area contributed by atoms with Gasteiger partial charge >= 0.3 is 0 Å². The predicted molar refractivity (Wildman–Crippen MR) is 228 cm³/mol. The number of hydrogen-bond acceptors (Lipinski definition) is 5. The third-order valence-corrected chi connectivity index (χ3v) is 10.1. The van der Waals surface area contributed by atoms with Crippen molar-refractivity contribution in [2.75, 3.05) is 0 Å². The minimum atomic E-state index is 0.573. The molecule has 3 heterocycles. The van der Waals surface area contributed by atoms with Gasteiger partial charge in [0.2, 0.25) is 0 Å². The quantitative estimate of drug-likeness (QED) is 0.164. The van der Waals surface area contributed by atoms with Crippen LogP contribution in [0.3, 0.4) is 0 Å². The average molecular weight is 716 g/mol. The molecule has 56 heavy (non-hydrogen) atoms. The molecule has 0 amide bonds. The summed E-state index contributed by atoms with van der Waals surface area (Å²) in [6.07, 6.45) is 0. The van der Waals surface area contributed by atoms with Gasteiger partial charge in [-0.3, -0.25) is 0 Å². The molecule has 3 aromatic heterocycles. The summed E-state index contributed by atoms with van der Waals surface area (Å²) in [6, 6.07) is 68.8. The van der Waals surface area contributed by atoms with Crippen LogP contribution in [-0.4, -0.2) is 24.9 Å². The molecular formula is C51H33N5. The van der Waals surface area contributed by atoms with Crippen LogP contribution in [0, 0.1) is 0 Å². The summed E-state index contributed by atoms with van der Waals surface area (Å²) >= 11 is 0. The molecule has 0 fully saturated rings. The van der Waals surface area contributed by atoms with E-state index in [0.717, 1.165) is 83.3 Å². The first-order valence-corrected chi connectivity index (χ1v) is 18.7. The Hall–Kier alpha value is -7.63. The van der Waals surface area contributed by atoms with Gasteiger partial charge in [0.05, 0.1) is 22.4 Å². The summed E-state index contributed by atoms with van der Waals surface area (Å²) in [6.45, 7) is 0. The molecular weight excluding hydrogens is 683 g/mol. The Bertz CT molecular complexity index is 2830. The number of rotatable bonds is 7. The van der Waals surface area contributed by atoms with Gasteiger partial charge in [-0.1, -0.05) is 140 Å². The fourth-order valence-electron chi connectivity index (χ4n) is 7.21. The lowest BCUT2D eigenvalue weighted by atomic mass is 9.96. The van der Waals surface area contributed by atoms with Crippen molar-refractivity contribution in [2.24, 2.45) is 0 Å². The van der Waals surface area contributed by atoms with Crippen LogP contribution in [-0.2, 0) is 0 Å². The number of hydrogen-bond donors (Lipinski definition) is 0. The summed E-state index contributed by atoms with van der Waals surface area (Å²) in [4.78, 5) is 25.8. The van der Waals surface area contributed by atoms with Crippen molar-refractivity contribution in [3.8, 4) is 78.9 Å². The summed E-state index contributed by atoms with van der Waals surface area (Å²) in [7, 11) is 0. The molecule has 262 valence electrons. The molecule has 0 unspecified atom stereocenters. The number of para-hydroxylation sites is 2. The molecule has 10 aromatic rings. The van der Waals surface area contributed by atoms with Gasteiger partial charge in [-0.15, -0.1) is 0 Å². The number of pyridine rings is 2. The van der Waals surface area contributed by atoms with Gasteiger partial charge in [-0.2, -0.15) is 0 Å². The smallest absolute Gasteiger partial charge is 0.164 e. The summed E-state index contributed by atoms with van der Waals surface area (Å²) in [5.74, 6) is 1.74. The normalized spacial score (nSPS) is 11.2. The Labute approximate surface area is 324 Å². The lowest BCUT2D eigenvalue weighted by Gasteiger charge is -2.14. The standard InChI is InChI=1S/C51H33N5/c1-4-14-34(15-5-1)39-28-41(47-26-24-36-18-10-12-22-45(36)52-47)32-43(30-39)50-54-49(38-20-8-3-9-21-38)55-51(56-50)44-31-40(35-16-6-2-7-17-35)29-42(33-44)48-27-25-37-19-11-13-23-46(37)53-48/h1-33H. The van der Waals surface area contributed by atoms with E-state index in [4.69, 9.17) is 24.9 Å². The maximum Gasteiger partial charge on any atom is 0.164 e. The molecule has 0 aliphatic rings. The minimum absolute atomic E-state index is 0.573. The van der Waals surface area contributed by atoms with E-state index in [2.05, 4.69) is 133 Å². The third kappa shape index (κ3) is 6.59. The van der Waals surface area contributed by atoms with E-state index >= 15 is 0 Å². The van der Waals surface area contributed by atoms with Crippen molar-refractivity contribution in [3.05, 3.63) is 200 Å². The Balaban J connectivity index is 1.19. The third-order valence-electron chi connectivity index (χ3n) is 10.1. The Morgan fingerprint density at radius 3 is 1.00 bits per heavy atom. The fourth-order valence-corrected chi connectivity index (χ4v) is 7.21. The summed E-state index contributed by atoms with van der Waals surface area (Å²) < 4.78 is 0. The van der Waals surface area contributed by atoms with Crippen molar-refractivity contribution >= 4 is 21.8 Å². The molecule has 10 rings (SSSR count). The summed E-state index contributed by atoms with van der Waals surface area (Å²) in [5, 5.41) is 2.20. The molecule has 0 aliphatic heterocycles. The second-order valence-corrected chi connectivity index (χ2v) is 13.8. The maximum absolute atomic E-state index is 5.28. The molecule has 0 radical (unpaired) electrons. The second-order valence-electron chi connectivity index (χ2n) is 13.8. The molecule has 7 aromatic carbocycles. The Kier molecular flexibility index (Phi) is 8.43. The van der Waals surface area contributed by atoms with Crippen LogP contribution in [0.25, 0.3) is 101 Å². The summed E-state index contributed by atoms with van der Waals surface area (Å²) in [5.41, 5.74) is 12.5. The van der Waals surface area contributed by atoms with Crippen molar-refractivity contribution in [1.29, 1.82) is 0 Å². The highest BCUT2D eigenvalue weighted by Gasteiger charge is 2.17. The zero-order chi connectivity index (χ0) is 37.3.